The van der Waals surface area contributed by atoms with E-state index in [1.54, 1.807) is 10.6 Å². The number of H-pyrrole nitrogens is 1. The number of aromatic amines is 1. The zero-order valence-corrected chi connectivity index (χ0v) is 15.5. The van der Waals surface area contributed by atoms with Gasteiger partial charge in [-0.3, -0.25) is 14.5 Å². The Labute approximate surface area is 156 Å². The maximum Gasteiger partial charge on any atom is 0.244 e. The number of amides is 1. The van der Waals surface area contributed by atoms with Crippen molar-refractivity contribution in [3.8, 4) is 17.1 Å². The molecule has 0 aliphatic heterocycles. The predicted octanol–water partition coefficient (Wildman–Crippen LogP) is 3.95. The molecule has 0 saturated carbocycles. The van der Waals surface area contributed by atoms with E-state index in [2.05, 4.69) is 15.5 Å². The van der Waals surface area contributed by atoms with Crippen molar-refractivity contribution in [1.82, 2.24) is 14.8 Å². The van der Waals surface area contributed by atoms with Crippen LogP contribution in [0.25, 0.3) is 11.4 Å². The van der Waals surface area contributed by atoms with Gasteiger partial charge in [0, 0.05) is 5.56 Å². The average molecular weight is 368 g/mol. The van der Waals surface area contributed by atoms with Crippen LogP contribution in [0.4, 0.5) is 5.69 Å². The number of aromatic nitrogens is 3. The molecule has 6 nitrogen and oxygen atoms in total. The normalized spacial score (nSPS) is 10.5. The number of hydrogen-bond acceptors (Lipinski definition) is 4. The molecule has 1 heterocycles. The second kappa shape index (κ2) is 7.97. The summed E-state index contributed by atoms with van der Waals surface area (Å²) in [6.07, 6.45) is 0. The van der Waals surface area contributed by atoms with Gasteiger partial charge in [0.15, 0.2) is 10.6 Å². The highest BCUT2D eigenvalue weighted by molar-refractivity contribution is 7.71. The number of nitrogens with one attached hydrogen (secondary N) is 2. The molecule has 0 aliphatic rings. The molecular formula is C19H20N4O2S. The van der Waals surface area contributed by atoms with Crippen LogP contribution in [0, 0.1) is 11.7 Å². The van der Waals surface area contributed by atoms with Crippen LogP contribution in [0.1, 0.15) is 12.5 Å². The summed E-state index contributed by atoms with van der Waals surface area (Å²) in [7, 11) is 0. The van der Waals surface area contributed by atoms with Crippen molar-refractivity contribution in [2.75, 3.05) is 11.9 Å². The van der Waals surface area contributed by atoms with Crippen LogP contribution in [-0.2, 0) is 11.3 Å². The number of anilines is 1. The van der Waals surface area contributed by atoms with Gasteiger partial charge in [-0.25, -0.2) is 0 Å². The molecule has 3 rings (SSSR count). The fourth-order valence-electron chi connectivity index (χ4n) is 2.57. The standard InChI is InChI=1S/C19H20N4O2S/c1-3-25-16-7-5-4-6-15(16)20-17(24)12-23-18(21-22-19(23)26)14-10-8-13(2)9-11-14/h4-11H,3,12H2,1-2H3,(H,20,24)(H,22,26). The second-order valence-corrected chi connectivity index (χ2v) is 6.17. The summed E-state index contributed by atoms with van der Waals surface area (Å²) in [6, 6.07) is 15.2. The second-order valence-electron chi connectivity index (χ2n) is 5.78. The molecule has 0 atom stereocenters. The quantitative estimate of drug-likeness (QED) is 0.646. The van der Waals surface area contributed by atoms with Gasteiger partial charge >= 0.3 is 0 Å². The van der Waals surface area contributed by atoms with Crippen LogP contribution < -0.4 is 10.1 Å². The van der Waals surface area contributed by atoms with E-state index in [1.807, 2.05) is 56.3 Å². The largest absolute Gasteiger partial charge is 0.492 e. The number of ether oxygens (including phenoxy) is 1. The van der Waals surface area contributed by atoms with Crippen molar-refractivity contribution >= 4 is 23.8 Å². The minimum atomic E-state index is -0.206. The van der Waals surface area contributed by atoms with Crippen LogP contribution in [0.3, 0.4) is 0 Å². The number of carbonyl (C=O) groups excluding carboxylic acids is 1. The first kappa shape index (κ1) is 17.9. The summed E-state index contributed by atoms with van der Waals surface area (Å²) in [6.45, 7) is 4.50. The maximum absolute atomic E-state index is 12.6. The molecule has 7 heteroatoms. The van der Waals surface area contributed by atoms with Gasteiger partial charge in [0.05, 0.1) is 12.3 Å². The Kier molecular flexibility index (Phi) is 5.48. The summed E-state index contributed by atoms with van der Waals surface area (Å²) in [5.74, 6) is 1.06. The first-order chi connectivity index (χ1) is 12.6. The van der Waals surface area contributed by atoms with E-state index in [0.717, 1.165) is 11.1 Å². The Bertz CT molecular complexity index is 960. The van der Waals surface area contributed by atoms with Gasteiger partial charge < -0.3 is 10.1 Å². The first-order valence-corrected chi connectivity index (χ1v) is 8.73. The van der Waals surface area contributed by atoms with Crippen LogP contribution in [0.2, 0.25) is 0 Å². The summed E-state index contributed by atoms with van der Waals surface area (Å²) < 4.78 is 7.62. The molecular weight excluding hydrogens is 348 g/mol. The lowest BCUT2D eigenvalue weighted by Crippen LogP contribution is -2.20. The number of aryl methyl sites for hydroxylation is 1. The topological polar surface area (TPSA) is 71.9 Å². The third kappa shape index (κ3) is 4.00. The molecule has 0 unspecified atom stereocenters. The Hall–Kier alpha value is -2.93. The van der Waals surface area contributed by atoms with Gasteiger partial charge in [-0.05, 0) is 38.2 Å². The van der Waals surface area contributed by atoms with Crippen molar-refractivity contribution in [3.63, 3.8) is 0 Å². The number of carbonyl (C=O) groups is 1. The van der Waals surface area contributed by atoms with Crippen LogP contribution >= 0.6 is 12.2 Å². The average Bonchev–Trinajstić information content (AvgIpc) is 2.98. The molecule has 1 amide bonds. The molecule has 0 fully saturated rings. The highest BCUT2D eigenvalue weighted by atomic mass is 32.1. The summed E-state index contributed by atoms with van der Waals surface area (Å²) in [5, 5.41) is 9.90. The molecule has 1 aromatic heterocycles. The van der Waals surface area contributed by atoms with Crippen LogP contribution in [0.5, 0.6) is 5.75 Å². The third-order valence-corrected chi connectivity index (χ3v) is 4.14. The van der Waals surface area contributed by atoms with Crippen LogP contribution in [-0.4, -0.2) is 27.3 Å². The summed E-state index contributed by atoms with van der Waals surface area (Å²) in [5.41, 5.74) is 2.68. The number of para-hydroxylation sites is 2. The van der Waals surface area contributed by atoms with Crippen molar-refractivity contribution in [3.05, 3.63) is 58.9 Å². The predicted molar refractivity (Wildman–Crippen MR) is 104 cm³/mol. The third-order valence-electron chi connectivity index (χ3n) is 3.83. The Morgan fingerprint density at radius 2 is 1.96 bits per heavy atom. The van der Waals surface area contributed by atoms with Crippen molar-refractivity contribution < 1.29 is 9.53 Å². The van der Waals surface area contributed by atoms with E-state index < -0.39 is 0 Å². The molecule has 0 saturated heterocycles. The monoisotopic (exact) mass is 368 g/mol. The molecule has 0 radical (unpaired) electrons. The Morgan fingerprint density at radius 1 is 1.23 bits per heavy atom. The van der Waals surface area contributed by atoms with E-state index in [1.165, 1.54) is 0 Å². The molecule has 0 aliphatic carbocycles. The van der Waals surface area contributed by atoms with E-state index >= 15 is 0 Å². The molecule has 26 heavy (non-hydrogen) atoms. The van der Waals surface area contributed by atoms with Gasteiger partial charge in [-0.1, -0.05) is 42.0 Å². The van der Waals surface area contributed by atoms with Gasteiger partial charge in [0.1, 0.15) is 12.3 Å². The number of nitrogens with zero attached hydrogens (tertiary/aromatic N) is 2. The zero-order valence-electron chi connectivity index (χ0n) is 14.7. The zero-order chi connectivity index (χ0) is 18.5. The van der Waals surface area contributed by atoms with Gasteiger partial charge in [0.25, 0.3) is 0 Å². The molecule has 0 bridgehead atoms. The summed E-state index contributed by atoms with van der Waals surface area (Å²) >= 11 is 5.29. The molecule has 134 valence electrons. The van der Waals surface area contributed by atoms with E-state index in [0.29, 0.717) is 28.6 Å². The van der Waals surface area contributed by atoms with E-state index in [4.69, 9.17) is 17.0 Å². The fourth-order valence-corrected chi connectivity index (χ4v) is 2.77. The first-order valence-electron chi connectivity index (χ1n) is 8.32. The maximum atomic E-state index is 12.6. The molecule has 0 spiro atoms. The van der Waals surface area contributed by atoms with Crippen molar-refractivity contribution in [2.24, 2.45) is 0 Å². The molecule has 3 aromatic rings. The number of hydrogen-bond donors (Lipinski definition) is 2. The van der Waals surface area contributed by atoms with Crippen LogP contribution in [0.15, 0.2) is 48.5 Å². The SMILES string of the molecule is CCOc1ccccc1NC(=O)Cn1c(-c2ccc(C)cc2)n[nH]c1=S. The Balaban J connectivity index is 1.81. The number of benzene rings is 2. The number of rotatable bonds is 6. The molecule has 2 N–H and O–H groups in total. The summed E-state index contributed by atoms with van der Waals surface area (Å²) in [4.78, 5) is 12.6. The van der Waals surface area contributed by atoms with E-state index in [9.17, 15) is 4.79 Å². The smallest absolute Gasteiger partial charge is 0.244 e. The van der Waals surface area contributed by atoms with Crippen molar-refractivity contribution in [1.29, 1.82) is 0 Å². The van der Waals surface area contributed by atoms with Gasteiger partial charge in [-0.15, -0.1) is 0 Å². The van der Waals surface area contributed by atoms with Gasteiger partial charge in [0.2, 0.25) is 5.91 Å². The van der Waals surface area contributed by atoms with E-state index in [-0.39, 0.29) is 12.5 Å². The lowest BCUT2D eigenvalue weighted by atomic mass is 10.1. The molecule has 2 aromatic carbocycles. The highest BCUT2D eigenvalue weighted by Crippen LogP contribution is 2.24. The van der Waals surface area contributed by atoms with Crippen molar-refractivity contribution in [2.45, 2.75) is 20.4 Å². The Morgan fingerprint density at radius 3 is 2.69 bits per heavy atom. The highest BCUT2D eigenvalue weighted by Gasteiger charge is 2.14. The lowest BCUT2D eigenvalue weighted by molar-refractivity contribution is -0.116. The minimum Gasteiger partial charge on any atom is -0.492 e. The van der Waals surface area contributed by atoms with Gasteiger partial charge in [-0.2, -0.15) is 5.10 Å². The lowest BCUT2D eigenvalue weighted by Gasteiger charge is -2.12. The minimum absolute atomic E-state index is 0.0546. The fraction of sp³-hybridized carbons (Fsp3) is 0.211.